The number of anilines is 1. The molecule has 0 spiro atoms. The van der Waals surface area contributed by atoms with Gasteiger partial charge < -0.3 is 14.4 Å². The maximum atomic E-state index is 12.5. The number of rotatable bonds is 24. The summed E-state index contributed by atoms with van der Waals surface area (Å²) in [5, 5.41) is 12.3. The van der Waals surface area contributed by atoms with Crippen LogP contribution in [0.25, 0.3) is 33.4 Å². The van der Waals surface area contributed by atoms with Crippen molar-refractivity contribution in [2.45, 2.75) is 136 Å². The predicted octanol–water partition coefficient (Wildman–Crippen LogP) is 12.2. The minimum absolute atomic E-state index is 0.308. The van der Waals surface area contributed by atoms with Crippen molar-refractivity contribution in [3.05, 3.63) is 71.6 Å². The maximum absolute atomic E-state index is 12.5. The van der Waals surface area contributed by atoms with Gasteiger partial charge >= 0.3 is 5.97 Å². The Morgan fingerprint density at radius 1 is 0.660 bits per heavy atom. The van der Waals surface area contributed by atoms with Gasteiger partial charge in [0.15, 0.2) is 0 Å². The highest BCUT2D eigenvalue weighted by Gasteiger charge is 2.22. The molecule has 50 heavy (non-hydrogen) atoms. The molecule has 2 aliphatic rings. The Morgan fingerprint density at radius 3 is 1.86 bits per heavy atom. The van der Waals surface area contributed by atoms with Gasteiger partial charge in [-0.15, -0.1) is 0 Å². The van der Waals surface area contributed by atoms with Crippen LogP contribution in [0.4, 0.5) is 5.69 Å². The van der Waals surface area contributed by atoms with Gasteiger partial charge in [0.1, 0.15) is 24.9 Å². The molecule has 2 aromatic rings. The van der Waals surface area contributed by atoms with Crippen LogP contribution in [-0.2, 0) is 0 Å². The number of fused-ring (bicyclic) bond motifs is 2. The van der Waals surface area contributed by atoms with Crippen LogP contribution >= 0.6 is 0 Å². The fraction of sp³-hybridized carbons (Fsp3) is 0.556. The molecule has 4 rings (SSSR count). The lowest BCUT2D eigenvalue weighted by Crippen LogP contribution is -2.27. The standard InChI is InChI=1S/C45H64N2O3/c1-5-8-11-14-17-22-31-46(4)36-27-29-40-42(34-36)50-43-35-37(28-30-41(43)44(40)38-25-20-21-26-39(38)45(48)49)47(32-23-18-15-12-9-6-2)33-24-19-16-13-10-7-3/h20-21,25-30,34-35H,5-19,22-24,31-33H2,1-4H3/p+1. The first-order valence-corrected chi connectivity index (χ1v) is 20.1. The topological polar surface area (TPSA) is 56.7 Å². The molecule has 1 aliphatic carbocycles. The number of carbonyl (C=O) groups is 1. The number of carboxylic acids is 1. The molecule has 2 aromatic carbocycles. The smallest absolute Gasteiger partial charge is 0.336 e. The van der Waals surface area contributed by atoms with Crippen LogP contribution in [0, 0.1) is 0 Å². The lowest BCUT2D eigenvalue weighted by Gasteiger charge is -2.26. The first-order valence-electron chi connectivity index (χ1n) is 20.1. The fourth-order valence-corrected chi connectivity index (χ4v) is 7.27. The Morgan fingerprint density at radius 2 is 1.24 bits per heavy atom. The fourth-order valence-electron chi connectivity index (χ4n) is 7.27. The molecule has 0 fully saturated rings. The number of unbranched alkanes of at least 4 members (excludes halogenated alkanes) is 15. The summed E-state index contributed by atoms with van der Waals surface area (Å²) in [7, 11) is 2.16. The van der Waals surface area contributed by atoms with Crippen molar-refractivity contribution in [2.24, 2.45) is 0 Å². The van der Waals surface area contributed by atoms with Gasteiger partial charge in [-0.05, 0) is 49.1 Å². The third kappa shape index (κ3) is 11.5. The molecule has 0 saturated heterocycles. The van der Waals surface area contributed by atoms with E-state index in [4.69, 9.17) is 4.42 Å². The number of hydrogen-bond donors (Lipinski definition) is 1. The van der Waals surface area contributed by atoms with E-state index in [9.17, 15) is 9.90 Å². The first kappa shape index (κ1) is 39.2. The predicted molar refractivity (Wildman–Crippen MR) is 214 cm³/mol. The third-order valence-corrected chi connectivity index (χ3v) is 10.3. The van der Waals surface area contributed by atoms with Crippen molar-refractivity contribution < 1.29 is 14.3 Å². The summed E-state index contributed by atoms with van der Waals surface area (Å²) in [6, 6.07) is 20.4. The zero-order valence-corrected chi connectivity index (χ0v) is 31.8. The van der Waals surface area contributed by atoms with Crippen LogP contribution in [0.3, 0.4) is 0 Å². The summed E-state index contributed by atoms with van der Waals surface area (Å²) >= 11 is 0. The minimum Gasteiger partial charge on any atom is -0.478 e. The molecule has 0 radical (unpaired) electrons. The van der Waals surface area contributed by atoms with Crippen LogP contribution in [-0.4, -0.2) is 37.8 Å². The number of benzene rings is 3. The quantitative estimate of drug-likeness (QED) is 0.0454. The number of hydrogen-bond acceptors (Lipinski definition) is 3. The molecule has 0 amide bonds. The van der Waals surface area contributed by atoms with Crippen molar-refractivity contribution >= 4 is 22.6 Å². The second-order valence-corrected chi connectivity index (χ2v) is 14.4. The summed E-state index contributed by atoms with van der Waals surface area (Å²) in [6.45, 7) is 9.90. The molecule has 0 atom stereocenters. The molecule has 0 aromatic heterocycles. The summed E-state index contributed by atoms with van der Waals surface area (Å²) in [6.07, 6.45) is 23.0. The van der Waals surface area contributed by atoms with E-state index in [0.29, 0.717) is 5.56 Å². The zero-order valence-electron chi connectivity index (χ0n) is 31.8. The van der Waals surface area contributed by atoms with E-state index >= 15 is 0 Å². The molecular weight excluding hydrogens is 617 g/mol. The number of carboxylic acid groups (broad SMARTS) is 1. The Balaban J connectivity index is 1.73. The summed E-state index contributed by atoms with van der Waals surface area (Å²) < 4.78 is 9.12. The van der Waals surface area contributed by atoms with Crippen LogP contribution in [0.15, 0.2) is 65.1 Å². The molecule has 1 N–H and O–H groups in total. The average molecular weight is 682 g/mol. The zero-order chi connectivity index (χ0) is 35.6. The molecule has 272 valence electrons. The highest BCUT2D eigenvalue weighted by molar-refractivity contribution is 6.07. The van der Waals surface area contributed by atoms with Crippen molar-refractivity contribution in [1.29, 1.82) is 0 Å². The molecule has 5 nitrogen and oxygen atoms in total. The van der Waals surface area contributed by atoms with E-state index in [1.54, 1.807) is 12.1 Å². The Hall–Kier alpha value is -3.60. The van der Waals surface area contributed by atoms with Crippen molar-refractivity contribution in [2.75, 3.05) is 31.6 Å². The molecule has 0 unspecified atom stereocenters. The third-order valence-electron chi connectivity index (χ3n) is 10.3. The van der Waals surface area contributed by atoms with Gasteiger partial charge in [0.05, 0.1) is 11.6 Å². The lowest BCUT2D eigenvalue weighted by molar-refractivity contribution is 0.0697. The second kappa shape index (κ2) is 21.6. The maximum Gasteiger partial charge on any atom is 0.336 e. The SMILES string of the molecule is CCCCCCCCN(CCCCCCCC)c1ccc2c(-c3ccccc3C(=O)O)c3cc/c(=[N+](\C)CCCCCCCC)cc-3oc2c1. The molecule has 1 aliphatic heterocycles. The van der Waals surface area contributed by atoms with E-state index in [-0.39, 0.29) is 0 Å². The molecule has 1 heterocycles. The van der Waals surface area contributed by atoms with Gasteiger partial charge in [0.2, 0.25) is 5.36 Å². The van der Waals surface area contributed by atoms with E-state index in [1.807, 2.05) is 12.1 Å². The van der Waals surface area contributed by atoms with Crippen molar-refractivity contribution in [3.63, 3.8) is 0 Å². The van der Waals surface area contributed by atoms with Gasteiger partial charge in [-0.3, -0.25) is 0 Å². The van der Waals surface area contributed by atoms with E-state index in [2.05, 4.69) is 73.7 Å². The summed E-state index contributed by atoms with van der Waals surface area (Å²) in [4.78, 5) is 15.0. The average Bonchev–Trinajstić information content (AvgIpc) is 3.13. The van der Waals surface area contributed by atoms with Gasteiger partial charge in [0, 0.05) is 53.8 Å². The van der Waals surface area contributed by atoms with Gasteiger partial charge in [-0.25, -0.2) is 9.37 Å². The highest BCUT2D eigenvalue weighted by atomic mass is 16.4. The Kier molecular flexibility index (Phi) is 16.9. The van der Waals surface area contributed by atoms with E-state index in [0.717, 1.165) is 58.4 Å². The summed E-state index contributed by atoms with van der Waals surface area (Å²) in [5.41, 5.74) is 4.89. The largest absolute Gasteiger partial charge is 0.478 e. The molecular formula is C45H65N2O3+. The first-order chi connectivity index (χ1) is 24.5. The number of aromatic carboxylic acids is 1. The van der Waals surface area contributed by atoms with Crippen LogP contribution in [0.1, 0.15) is 147 Å². The monoisotopic (exact) mass is 681 g/mol. The Bertz CT molecular complexity index is 1620. The van der Waals surface area contributed by atoms with Gasteiger partial charge in [0.25, 0.3) is 0 Å². The van der Waals surface area contributed by atoms with Crippen LogP contribution in [0.2, 0.25) is 0 Å². The number of nitrogens with zero attached hydrogens (tertiary/aromatic N) is 2. The molecule has 0 bridgehead atoms. The lowest BCUT2D eigenvalue weighted by atomic mass is 9.90. The summed E-state index contributed by atoms with van der Waals surface area (Å²) in [5.74, 6) is -0.130. The van der Waals surface area contributed by atoms with Gasteiger partial charge in [-0.1, -0.05) is 129 Å². The minimum atomic E-state index is -0.918. The molecule has 5 heteroatoms. The van der Waals surface area contributed by atoms with E-state index in [1.165, 1.54) is 121 Å². The van der Waals surface area contributed by atoms with E-state index < -0.39 is 5.97 Å². The van der Waals surface area contributed by atoms with Crippen LogP contribution < -0.4 is 14.8 Å². The normalized spacial score (nSPS) is 12.2. The van der Waals surface area contributed by atoms with Crippen LogP contribution in [0.5, 0.6) is 0 Å². The van der Waals surface area contributed by atoms with Gasteiger partial charge in [-0.2, -0.15) is 0 Å². The van der Waals surface area contributed by atoms with Crippen molar-refractivity contribution in [3.8, 4) is 22.5 Å². The second-order valence-electron chi connectivity index (χ2n) is 14.4. The Labute approximate surface area is 302 Å². The molecule has 0 saturated carbocycles. The highest BCUT2D eigenvalue weighted by Crippen LogP contribution is 2.42. The van der Waals surface area contributed by atoms with Crippen molar-refractivity contribution in [1.82, 2.24) is 4.58 Å².